The Kier molecular flexibility index (Phi) is 18.4. The molecular weight excluding hydrogens is 1120 g/mol. The summed E-state index contributed by atoms with van der Waals surface area (Å²) in [6.45, 7) is 0. The molecule has 5 N–H and O–H groups in total. The molecule has 6 heterocycles. The van der Waals surface area contributed by atoms with Crippen LogP contribution in [0.1, 0.15) is 47.4 Å². The van der Waals surface area contributed by atoms with E-state index in [1.165, 1.54) is 55.5 Å². The van der Waals surface area contributed by atoms with Gasteiger partial charge in [-0.2, -0.15) is 9.36 Å². The van der Waals surface area contributed by atoms with Gasteiger partial charge in [-0.3, -0.25) is 35.1 Å². The van der Waals surface area contributed by atoms with Crippen molar-refractivity contribution >= 4 is 75.8 Å². The lowest BCUT2D eigenvalue weighted by Gasteiger charge is -2.16. The summed E-state index contributed by atoms with van der Waals surface area (Å²) < 4.78 is 19.7. The smallest absolute Gasteiger partial charge is 0.411 e. The van der Waals surface area contributed by atoms with Gasteiger partial charge in [0.05, 0.1) is 44.8 Å². The number of nitrogens with one attached hydrogen (secondary N) is 3. The summed E-state index contributed by atoms with van der Waals surface area (Å²) in [5.74, 6) is -0.0937. The van der Waals surface area contributed by atoms with E-state index >= 15 is 0 Å². The van der Waals surface area contributed by atoms with Gasteiger partial charge in [0.25, 0.3) is 11.1 Å². The van der Waals surface area contributed by atoms with Crippen molar-refractivity contribution in [2.45, 2.75) is 50.6 Å². The summed E-state index contributed by atoms with van der Waals surface area (Å²) in [7, 11) is 3.89. The first-order valence-electron chi connectivity index (χ1n) is 25.8. The third-order valence-electron chi connectivity index (χ3n) is 13.6. The summed E-state index contributed by atoms with van der Waals surface area (Å²) in [4.78, 5) is 86.1. The maximum absolute atomic E-state index is 13.2. The van der Waals surface area contributed by atoms with Crippen LogP contribution in [0.3, 0.4) is 0 Å². The molecule has 26 heteroatoms. The Morgan fingerprint density at radius 2 is 0.893 bits per heavy atom. The monoisotopic (exact) mass is 1170 g/mol. The van der Waals surface area contributed by atoms with E-state index in [-0.39, 0.29) is 35.5 Å². The van der Waals surface area contributed by atoms with Gasteiger partial charge in [0.1, 0.15) is 12.7 Å². The molecule has 0 aliphatic carbocycles. The third-order valence-corrected chi connectivity index (χ3v) is 14.1. The van der Waals surface area contributed by atoms with Gasteiger partial charge in [0.2, 0.25) is 0 Å². The Morgan fingerprint density at radius 1 is 0.524 bits per heavy atom. The zero-order valence-corrected chi connectivity index (χ0v) is 46.7. The van der Waals surface area contributed by atoms with Gasteiger partial charge in [-0.25, -0.2) is 14.4 Å². The number of nitrogen functional groups attached to an aromatic ring is 1. The number of nitrogens with two attached hydrogens (primary N) is 1. The Balaban J connectivity index is 0.000000169. The molecule has 2 atom stereocenters. The number of Topliss-reactive ketones (excluding diaryl/α,β-unsaturated/α-hetero) is 2. The van der Waals surface area contributed by atoms with Gasteiger partial charge >= 0.3 is 18.3 Å². The fraction of sp³-hybridized carbons (Fsp3) is 0.190. The number of tetrazole rings is 2. The van der Waals surface area contributed by atoms with Crippen LogP contribution in [0.5, 0.6) is 0 Å². The Morgan fingerprint density at radius 3 is 1.24 bits per heavy atom. The third kappa shape index (κ3) is 14.0. The molecule has 0 fully saturated rings. The Bertz CT molecular complexity index is 3760. The molecule has 0 saturated heterocycles. The molecule has 84 heavy (non-hydrogen) atoms. The topological polar surface area (TPSA) is 306 Å². The number of carbonyl (C=O) groups is 5. The first-order chi connectivity index (χ1) is 40.6. The zero-order chi connectivity index (χ0) is 59.4. The second-order valence-corrected chi connectivity index (χ2v) is 19.9. The minimum absolute atomic E-state index is 0.0468. The number of ketones is 2. The molecule has 0 radical (unpaired) electrons. The number of pyridine rings is 2. The Labute approximate surface area is 488 Å². The SMILES string of the molecule is COC(=O)Nc1ccc(CC(=O)C2CCc3cc(-c4cc(Cl)ccc4-n4cnnn4)cc(=O)n32)cc1.COC(=O)Nc1ccc(CC(=O)C2CCc3cc(-c4cc(Cl)ccc4-n4cnnn4)cc(=O)n32)cc1.COC(=O)Nc1ccc(N)cc1. The van der Waals surface area contributed by atoms with Crippen LogP contribution in [0.2, 0.25) is 10.0 Å². The molecule has 2 aliphatic heterocycles. The number of rotatable bonds is 13. The number of ether oxygens (including phenoxy) is 3. The minimum Gasteiger partial charge on any atom is -0.453 e. The number of hydrogen-bond donors (Lipinski definition) is 4. The largest absolute Gasteiger partial charge is 0.453 e. The van der Waals surface area contributed by atoms with Crippen molar-refractivity contribution in [3.05, 3.63) is 199 Å². The average molecular weight is 1180 g/mol. The molecule has 11 rings (SSSR count). The maximum atomic E-state index is 13.2. The lowest BCUT2D eigenvalue weighted by molar-refractivity contribution is -0.122. The molecular formula is C58H52Cl2N14O10. The first-order valence-corrected chi connectivity index (χ1v) is 26.5. The van der Waals surface area contributed by atoms with Crippen LogP contribution in [-0.2, 0) is 49.5 Å². The van der Waals surface area contributed by atoms with E-state index in [0.29, 0.717) is 92.1 Å². The second-order valence-electron chi connectivity index (χ2n) is 19.0. The van der Waals surface area contributed by atoms with E-state index in [2.05, 4.69) is 61.2 Å². The molecule has 24 nitrogen and oxygen atoms in total. The van der Waals surface area contributed by atoms with Crippen molar-refractivity contribution < 1.29 is 38.2 Å². The Hall–Kier alpha value is -10.3. The number of anilines is 4. The molecule has 0 spiro atoms. The number of aryl methyl sites for hydroxylation is 2. The number of amides is 3. The predicted molar refractivity (Wildman–Crippen MR) is 312 cm³/mol. The molecule has 0 saturated carbocycles. The average Bonchev–Trinajstić information content (AvgIpc) is 2.17. The number of carbonyl (C=O) groups excluding carboxylic acids is 5. The van der Waals surface area contributed by atoms with Gasteiger partial charge in [0.15, 0.2) is 11.6 Å². The van der Waals surface area contributed by atoms with Crippen molar-refractivity contribution in [2.75, 3.05) is 43.0 Å². The highest BCUT2D eigenvalue weighted by molar-refractivity contribution is 6.31. The van der Waals surface area contributed by atoms with Crippen LogP contribution in [-0.4, -0.2) is 101 Å². The van der Waals surface area contributed by atoms with Crippen molar-refractivity contribution in [1.29, 1.82) is 0 Å². The molecule has 4 aromatic heterocycles. The van der Waals surface area contributed by atoms with Crippen molar-refractivity contribution in [1.82, 2.24) is 49.5 Å². The quantitative estimate of drug-likeness (QED) is 0.0619. The first kappa shape index (κ1) is 58.3. The number of fused-ring (bicyclic) bond motifs is 2. The van der Waals surface area contributed by atoms with E-state index < -0.39 is 30.4 Å². The summed E-state index contributed by atoms with van der Waals surface area (Å²) in [5.41, 5.74) is 14.7. The normalized spacial score (nSPS) is 13.6. The number of hydrogen-bond acceptors (Lipinski definition) is 17. The fourth-order valence-electron chi connectivity index (χ4n) is 9.66. The summed E-state index contributed by atoms with van der Waals surface area (Å²) in [5, 5.41) is 31.3. The summed E-state index contributed by atoms with van der Waals surface area (Å²) in [6, 6.07) is 37.1. The predicted octanol–water partition coefficient (Wildman–Crippen LogP) is 8.69. The van der Waals surface area contributed by atoms with Gasteiger partial charge in [-0.15, -0.1) is 10.2 Å². The number of benzene rings is 5. The standard InChI is InChI=1S/2C25H21ClN6O4.C8H10N2O2/c2*1-36-25(35)28-18-5-2-15(3-6-18)10-23(33)22-9-7-19-11-16(12-24(34)32(19)22)20-13-17(26)4-8-21(20)31-14-27-29-30-31;1-12-8(11)10-7-4-2-6(9)3-5-7/h2*2-6,8,11-14,22H,7,9-10H2,1H3,(H,28,35);2-5H,9H2,1H3,(H,10,11). The highest BCUT2D eigenvalue weighted by Crippen LogP contribution is 2.35. The van der Waals surface area contributed by atoms with Crippen LogP contribution in [0.25, 0.3) is 33.6 Å². The molecule has 2 unspecified atom stereocenters. The molecule has 9 aromatic rings. The highest BCUT2D eigenvalue weighted by atomic mass is 35.5. The summed E-state index contributed by atoms with van der Waals surface area (Å²) in [6.07, 6.45) is 3.97. The minimum atomic E-state index is -0.567. The van der Waals surface area contributed by atoms with Crippen LogP contribution < -0.4 is 32.8 Å². The van der Waals surface area contributed by atoms with Crippen molar-refractivity contribution in [3.63, 3.8) is 0 Å². The number of aromatic nitrogens is 10. The van der Waals surface area contributed by atoms with E-state index in [4.69, 9.17) is 28.9 Å². The van der Waals surface area contributed by atoms with E-state index in [0.717, 1.165) is 22.5 Å². The van der Waals surface area contributed by atoms with E-state index in [1.807, 2.05) is 12.1 Å². The molecule has 2 aliphatic rings. The van der Waals surface area contributed by atoms with E-state index in [9.17, 15) is 33.6 Å². The molecule has 428 valence electrons. The lowest BCUT2D eigenvalue weighted by Crippen LogP contribution is -2.28. The number of halogens is 2. The summed E-state index contributed by atoms with van der Waals surface area (Å²) >= 11 is 12.5. The zero-order valence-electron chi connectivity index (χ0n) is 45.1. The maximum Gasteiger partial charge on any atom is 0.411 e. The van der Waals surface area contributed by atoms with Gasteiger partial charge in [0, 0.05) is 80.3 Å². The number of methoxy groups -OCH3 is 3. The lowest BCUT2D eigenvalue weighted by atomic mass is 10.0. The fourth-order valence-corrected chi connectivity index (χ4v) is 10.00. The van der Waals surface area contributed by atoms with Crippen LogP contribution in [0.15, 0.2) is 156 Å². The number of nitrogens with zero attached hydrogens (tertiary/aromatic N) is 10. The van der Waals surface area contributed by atoms with Crippen molar-refractivity contribution in [2.24, 2.45) is 0 Å². The van der Waals surface area contributed by atoms with Crippen molar-refractivity contribution in [3.8, 4) is 33.6 Å². The highest BCUT2D eigenvalue weighted by Gasteiger charge is 2.31. The van der Waals surface area contributed by atoms with Gasteiger partial charge in [-0.1, -0.05) is 47.5 Å². The molecule has 5 aromatic carbocycles. The molecule has 3 amide bonds. The molecule has 0 bridgehead atoms. The second kappa shape index (κ2) is 26.5. The van der Waals surface area contributed by atoms with Crippen LogP contribution >= 0.6 is 23.2 Å². The van der Waals surface area contributed by atoms with Gasteiger partial charge in [-0.05, 0) is 166 Å². The van der Waals surface area contributed by atoms with Crippen LogP contribution in [0, 0.1) is 0 Å². The van der Waals surface area contributed by atoms with Crippen LogP contribution in [0.4, 0.5) is 37.1 Å². The van der Waals surface area contributed by atoms with Gasteiger partial charge < -0.3 is 29.1 Å². The van der Waals surface area contributed by atoms with E-state index in [1.54, 1.807) is 118 Å².